The number of carboxylic acid groups (broad SMARTS) is 1. The number of aromatic carboxylic acids is 1. The lowest BCUT2D eigenvalue weighted by Crippen LogP contribution is -2.45. The van der Waals surface area contributed by atoms with Crippen molar-refractivity contribution >= 4 is 22.7 Å². The second-order valence-corrected chi connectivity index (χ2v) is 7.36. The lowest BCUT2D eigenvalue weighted by molar-refractivity contribution is 0.0699. The zero-order chi connectivity index (χ0) is 16.7. The first kappa shape index (κ1) is 15.4. The van der Waals surface area contributed by atoms with Gasteiger partial charge in [-0.1, -0.05) is 18.2 Å². The van der Waals surface area contributed by atoms with Crippen LogP contribution in [0.2, 0.25) is 0 Å². The predicted octanol–water partition coefficient (Wildman–Crippen LogP) is 2.86. The van der Waals surface area contributed by atoms with E-state index in [9.17, 15) is 9.90 Å². The molecule has 2 aliphatic heterocycles. The molecule has 0 bridgehead atoms. The lowest BCUT2D eigenvalue weighted by Gasteiger charge is -2.41. The summed E-state index contributed by atoms with van der Waals surface area (Å²) in [6, 6.07) is 9.25. The highest BCUT2D eigenvalue weighted by Crippen LogP contribution is 2.39. The fraction of sp³-hybridized carbons (Fsp3) is 0.474. The molecule has 2 fully saturated rings. The van der Waals surface area contributed by atoms with Crippen LogP contribution in [0.1, 0.15) is 29.6 Å². The van der Waals surface area contributed by atoms with Gasteiger partial charge in [0.25, 0.3) is 0 Å². The van der Waals surface area contributed by atoms with E-state index in [1.54, 1.807) is 6.07 Å². The van der Waals surface area contributed by atoms with Crippen LogP contribution < -0.4 is 4.90 Å². The maximum absolute atomic E-state index is 11.7. The van der Waals surface area contributed by atoms with E-state index in [0.717, 1.165) is 43.9 Å². The lowest BCUT2D eigenvalue weighted by atomic mass is 9.79. The van der Waals surface area contributed by atoms with Gasteiger partial charge in [-0.3, -0.25) is 0 Å². The third-order valence-corrected chi connectivity index (χ3v) is 5.55. The van der Waals surface area contributed by atoms with Crippen molar-refractivity contribution < 1.29 is 9.90 Å². The average Bonchev–Trinajstić information content (AvgIpc) is 2.93. The van der Waals surface area contributed by atoms with Crippen LogP contribution in [0.4, 0.5) is 5.82 Å². The number of pyridine rings is 1. The second-order valence-electron chi connectivity index (χ2n) is 7.36. The highest BCUT2D eigenvalue weighted by atomic mass is 16.4. The third-order valence-electron chi connectivity index (χ3n) is 5.55. The number of fused-ring (bicyclic) bond motifs is 1. The van der Waals surface area contributed by atoms with Gasteiger partial charge in [-0.2, -0.15) is 0 Å². The number of likely N-dealkylation sites (tertiary alicyclic amines) is 1. The largest absolute Gasteiger partial charge is 0.478 e. The van der Waals surface area contributed by atoms with E-state index in [-0.39, 0.29) is 0 Å². The van der Waals surface area contributed by atoms with Gasteiger partial charge >= 0.3 is 5.97 Å². The van der Waals surface area contributed by atoms with E-state index in [2.05, 4.69) is 16.8 Å². The minimum Gasteiger partial charge on any atom is -0.478 e. The predicted molar refractivity (Wildman–Crippen MR) is 94.7 cm³/mol. The van der Waals surface area contributed by atoms with E-state index in [1.807, 2.05) is 24.3 Å². The van der Waals surface area contributed by atoms with Gasteiger partial charge in [0, 0.05) is 30.4 Å². The van der Waals surface area contributed by atoms with Gasteiger partial charge in [-0.15, -0.1) is 0 Å². The Balaban J connectivity index is 1.72. The smallest absolute Gasteiger partial charge is 0.336 e. The minimum atomic E-state index is -0.887. The Hall–Kier alpha value is -2.14. The van der Waals surface area contributed by atoms with Gasteiger partial charge in [0.05, 0.1) is 11.1 Å². The Morgan fingerprint density at radius 1 is 1.21 bits per heavy atom. The molecule has 1 unspecified atom stereocenters. The van der Waals surface area contributed by atoms with Crippen LogP contribution in [0.3, 0.4) is 0 Å². The summed E-state index contributed by atoms with van der Waals surface area (Å²) < 4.78 is 0. The maximum Gasteiger partial charge on any atom is 0.336 e. The molecule has 2 aliphatic rings. The van der Waals surface area contributed by atoms with Crippen molar-refractivity contribution in [1.29, 1.82) is 0 Å². The van der Waals surface area contributed by atoms with Crippen LogP contribution in [-0.2, 0) is 0 Å². The molecule has 5 nitrogen and oxygen atoms in total. The number of piperidine rings is 1. The normalized spacial score (nSPS) is 24.8. The molecule has 24 heavy (non-hydrogen) atoms. The van der Waals surface area contributed by atoms with E-state index >= 15 is 0 Å². The molecule has 2 saturated heterocycles. The Kier molecular flexibility index (Phi) is 3.68. The number of anilines is 1. The summed E-state index contributed by atoms with van der Waals surface area (Å²) >= 11 is 0. The Bertz CT molecular complexity index is 787. The van der Waals surface area contributed by atoms with E-state index in [4.69, 9.17) is 4.98 Å². The number of aromatic nitrogens is 1. The van der Waals surface area contributed by atoms with E-state index < -0.39 is 5.97 Å². The third kappa shape index (κ3) is 2.63. The second kappa shape index (κ2) is 5.74. The summed E-state index contributed by atoms with van der Waals surface area (Å²) in [5.74, 6) is -0.0816. The quantitative estimate of drug-likeness (QED) is 0.920. The molecular formula is C19H23N3O2. The molecule has 0 amide bonds. The van der Waals surface area contributed by atoms with Crippen LogP contribution in [0.15, 0.2) is 30.3 Å². The zero-order valence-corrected chi connectivity index (χ0v) is 14.0. The molecule has 1 N–H and O–H groups in total. The molecule has 1 spiro atoms. The van der Waals surface area contributed by atoms with Crippen LogP contribution in [-0.4, -0.2) is 54.2 Å². The number of hydrogen-bond acceptors (Lipinski definition) is 4. The summed E-state index contributed by atoms with van der Waals surface area (Å²) in [6.45, 7) is 4.21. The number of benzene rings is 1. The van der Waals surface area contributed by atoms with Crippen molar-refractivity contribution in [1.82, 2.24) is 9.88 Å². The molecule has 4 rings (SSSR count). The molecule has 5 heteroatoms. The number of hydrogen-bond donors (Lipinski definition) is 1. The average molecular weight is 325 g/mol. The van der Waals surface area contributed by atoms with Gasteiger partial charge in [0.15, 0.2) is 0 Å². The first-order chi connectivity index (χ1) is 11.6. The van der Waals surface area contributed by atoms with Gasteiger partial charge in [0.2, 0.25) is 0 Å². The highest BCUT2D eigenvalue weighted by molar-refractivity contribution is 6.03. The molecule has 2 aromatic rings. The number of carbonyl (C=O) groups is 1. The molecule has 1 aromatic carbocycles. The van der Waals surface area contributed by atoms with Crippen LogP contribution in [0.5, 0.6) is 0 Å². The number of para-hydroxylation sites is 1. The van der Waals surface area contributed by atoms with Crippen molar-refractivity contribution in [2.24, 2.45) is 5.41 Å². The first-order valence-electron chi connectivity index (χ1n) is 8.63. The van der Waals surface area contributed by atoms with Crippen molar-refractivity contribution in [2.45, 2.75) is 19.3 Å². The number of nitrogens with zero attached hydrogens (tertiary/aromatic N) is 3. The molecule has 126 valence electrons. The van der Waals surface area contributed by atoms with E-state index in [0.29, 0.717) is 16.4 Å². The number of rotatable bonds is 2. The molecule has 1 aromatic heterocycles. The van der Waals surface area contributed by atoms with Crippen molar-refractivity contribution in [3.63, 3.8) is 0 Å². The summed E-state index contributed by atoms with van der Waals surface area (Å²) in [5.41, 5.74) is 1.44. The summed E-state index contributed by atoms with van der Waals surface area (Å²) in [4.78, 5) is 21.2. The summed E-state index contributed by atoms with van der Waals surface area (Å²) in [7, 11) is 2.19. The molecule has 0 saturated carbocycles. The maximum atomic E-state index is 11.7. The van der Waals surface area contributed by atoms with Crippen LogP contribution in [0.25, 0.3) is 10.9 Å². The molecular weight excluding hydrogens is 302 g/mol. The molecule has 3 heterocycles. The van der Waals surface area contributed by atoms with E-state index in [1.165, 1.54) is 12.8 Å². The fourth-order valence-corrected chi connectivity index (χ4v) is 4.40. The van der Waals surface area contributed by atoms with Gasteiger partial charge < -0.3 is 14.9 Å². The van der Waals surface area contributed by atoms with Crippen molar-refractivity contribution in [3.8, 4) is 0 Å². The monoisotopic (exact) mass is 325 g/mol. The Morgan fingerprint density at radius 2 is 2.04 bits per heavy atom. The van der Waals surface area contributed by atoms with Gasteiger partial charge in [0.1, 0.15) is 5.82 Å². The standard InChI is InChI=1S/C19H23N3O2/c1-21-10-8-19(12-21)7-4-9-22(13-19)17-11-15(18(23)24)14-5-2-3-6-16(14)20-17/h2-3,5-6,11H,4,7-10,12-13H2,1H3,(H,23,24). The highest BCUT2D eigenvalue weighted by Gasteiger charge is 2.40. The van der Waals surface area contributed by atoms with Crippen molar-refractivity contribution in [2.75, 3.05) is 38.1 Å². The first-order valence-corrected chi connectivity index (χ1v) is 8.63. The summed E-state index contributed by atoms with van der Waals surface area (Å²) in [6.07, 6.45) is 3.62. The van der Waals surface area contributed by atoms with Gasteiger partial charge in [-0.25, -0.2) is 9.78 Å². The summed E-state index contributed by atoms with van der Waals surface area (Å²) in [5, 5.41) is 10.3. The van der Waals surface area contributed by atoms with Crippen LogP contribution >= 0.6 is 0 Å². The number of carboxylic acids is 1. The molecule has 1 atom stereocenters. The van der Waals surface area contributed by atoms with Gasteiger partial charge in [-0.05, 0) is 45.0 Å². The Morgan fingerprint density at radius 3 is 2.79 bits per heavy atom. The van der Waals surface area contributed by atoms with Crippen molar-refractivity contribution in [3.05, 3.63) is 35.9 Å². The van der Waals surface area contributed by atoms with Crippen LogP contribution in [0, 0.1) is 5.41 Å². The fourth-order valence-electron chi connectivity index (χ4n) is 4.40. The topological polar surface area (TPSA) is 56.7 Å². The SMILES string of the molecule is CN1CCC2(CCCN(c3cc(C(=O)O)c4ccccc4n3)C2)C1. The molecule has 0 radical (unpaired) electrons. The Labute approximate surface area is 141 Å². The zero-order valence-electron chi connectivity index (χ0n) is 14.0. The molecule has 0 aliphatic carbocycles. The minimum absolute atomic E-state index is 0.337.